The minimum atomic E-state index is -0.825. The van der Waals surface area contributed by atoms with E-state index in [4.69, 9.17) is 5.73 Å². The third-order valence-corrected chi connectivity index (χ3v) is 4.66. The van der Waals surface area contributed by atoms with E-state index in [-0.39, 0.29) is 11.8 Å². The Labute approximate surface area is 127 Å². The molecule has 0 radical (unpaired) electrons. The van der Waals surface area contributed by atoms with Gasteiger partial charge in [0.15, 0.2) is 0 Å². The standard InChI is InChI=1S/C16H29N3O2/c1-16(2,17)15(21)19-10-8-18(9-11-19)14(20)12-13-6-4-3-5-7-13/h13H,3-12,17H2,1-2H3. The Balaban J connectivity index is 1.78. The van der Waals surface area contributed by atoms with Crippen molar-refractivity contribution in [3.05, 3.63) is 0 Å². The van der Waals surface area contributed by atoms with Gasteiger partial charge in [-0.25, -0.2) is 0 Å². The van der Waals surface area contributed by atoms with Crippen molar-refractivity contribution in [2.75, 3.05) is 26.2 Å². The maximum Gasteiger partial charge on any atom is 0.242 e. The number of hydrogen-bond acceptors (Lipinski definition) is 3. The molecule has 5 heteroatoms. The monoisotopic (exact) mass is 295 g/mol. The first-order chi connectivity index (χ1) is 9.88. The average Bonchev–Trinajstić information content (AvgIpc) is 2.46. The summed E-state index contributed by atoms with van der Waals surface area (Å²) in [7, 11) is 0. The summed E-state index contributed by atoms with van der Waals surface area (Å²) in [6.45, 7) is 5.97. The highest BCUT2D eigenvalue weighted by atomic mass is 16.2. The number of carbonyl (C=O) groups excluding carboxylic acids is 2. The predicted octanol–water partition coefficient (Wildman–Crippen LogP) is 1.36. The molecule has 2 amide bonds. The lowest BCUT2D eigenvalue weighted by molar-refractivity contribution is -0.142. The molecule has 0 aromatic rings. The van der Waals surface area contributed by atoms with Crippen LogP contribution >= 0.6 is 0 Å². The van der Waals surface area contributed by atoms with Crippen LogP contribution in [-0.4, -0.2) is 53.3 Å². The van der Waals surface area contributed by atoms with Gasteiger partial charge in [-0.15, -0.1) is 0 Å². The van der Waals surface area contributed by atoms with Gasteiger partial charge in [0, 0.05) is 32.6 Å². The Morgan fingerprint density at radius 3 is 2.05 bits per heavy atom. The fourth-order valence-corrected chi connectivity index (χ4v) is 3.33. The van der Waals surface area contributed by atoms with Crippen LogP contribution in [0.25, 0.3) is 0 Å². The molecule has 2 fully saturated rings. The van der Waals surface area contributed by atoms with Gasteiger partial charge in [-0.1, -0.05) is 19.3 Å². The SMILES string of the molecule is CC(C)(N)C(=O)N1CCN(C(=O)CC2CCCCC2)CC1. The van der Waals surface area contributed by atoms with Crippen molar-refractivity contribution in [3.63, 3.8) is 0 Å². The third kappa shape index (κ3) is 4.43. The number of nitrogens with zero attached hydrogens (tertiary/aromatic N) is 2. The van der Waals surface area contributed by atoms with Crippen LogP contribution in [0.15, 0.2) is 0 Å². The van der Waals surface area contributed by atoms with E-state index in [1.54, 1.807) is 18.7 Å². The largest absolute Gasteiger partial charge is 0.339 e. The summed E-state index contributed by atoms with van der Waals surface area (Å²) in [5.74, 6) is 0.816. The molecule has 0 unspecified atom stereocenters. The van der Waals surface area contributed by atoms with Crippen molar-refractivity contribution in [3.8, 4) is 0 Å². The first kappa shape index (κ1) is 16.3. The van der Waals surface area contributed by atoms with Crippen LogP contribution in [0.2, 0.25) is 0 Å². The van der Waals surface area contributed by atoms with Crippen LogP contribution in [0.5, 0.6) is 0 Å². The zero-order valence-electron chi connectivity index (χ0n) is 13.4. The summed E-state index contributed by atoms with van der Waals surface area (Å²) in [4.78, 5) is 28.1. The highest BCUT2D eigenvalue weighted by molar-refractivity contribution is 5.85. The zero-order valence-corrected chi connectivity index (χ0v) is 13.4. The molecule has 2 rings (SSSR count). The summed E-state index contributed by atoms with van der Waals surface area (Å²) in [6, 6.07) is 0. The predicted molar refractivity (Wildman–Crippen MR) is 82.6 cm³/mol. The Kier molecular flexibility index (Phi) is 5.25. The van der Waals surface area contributed by atoms with Gasteiger partial charge in [0.25, 0.3) is 0 Å². The molecular formula is C16H29N3O2. The molecule has 1 saturated heterocycles. The maximum absolute atomic E-state index is 12.3. The van der Waals surface area contributed by atoms with E-state index in [0.717, 1.165) is 0 Å². The molecule has 2 aliphatic rings. The van der Waals surface area contributed by atoms with Crippen molar-refractivity contribution in [2.24, 2.45) is 11.7 Å². The normalized spacial score (nSPS) is 21.5. The van der Waals surface area contributed by atoms with Gasteiger partial charge in [-0.2, -0.15) is 0 Å². The molecule has 5 nitrogen and oxygen atoms in total. The van der Waals surface area contributed by atoms with Crippen molar-refractivity contribution >= 4 is 11.8 Å². The molecule has 1 saturated carbocycles. The average molecular weight is 295 g/mol. The smallest absolute Gasteiger partial charge is 0.242 e. The topological polar surface area (TPSA) is 66.6 Å². The maximum atomic E-state index is 12.3. The Bertz CT molecular complexity index is 375. The van der Waals surface area contributed by atoms with Gasteiger partial charge in [0.05, 0.1) is 5.54 Å². The molecule has 2 N–H and O–H groups in total. The fourth-order valence-electron chi connectivity index (χ4n) is 3.33. The van der Waals surface area contributed by atoms with Crippen LogP contribution in [-0.2, 0) is 9.59 Å². The van der Waals surface area contributed by atoms with Crippen molar-refractivity contribution in [2.45, 2.75) is 57.9 Å². The molecule has 1 aliphatic carbocycles. The van der Waals surface area contributed by atoms with E-state index in [2.05, 4.69) is 0 Å². The third-order valence-electron chi connectivity index (χ3n) is 4.66. The number of nitrogens with two attached hydrogens (primary N) is 1. The summed E-state index contributed by atoms with van der Waals surface area (Å²) in [5.41, 5.74) is 5.03. The Morgan fingerprint density at radius 1 is 1.00 bits per heavy atom. The number of amides is 2. The molecule has 0 bridgehead atoms. The highest BCUT2D eigenvalue weighted by Gasteiger charge is 2.31. The van der Waals surface area contributed by atoms with Crippen LogP contribution < -0.4 is 5.73 Å². The highest BCUT2D eigenvalue weighted by Crippen LogP contribution is 2.27. The number of carbonyl (C=O) groups is 2. The molecule has 120 valence electrons. The van der Waals surface area contributed by atoms with Crippen LogP contribution in [0.1, 0.15) is 52.4 Å². The minimum absolute atomic E-state index is 0.0260. The number of hydrogen-bond donors (Lipinski definition) is 1. The summed E-state index contributed by atoms with van der Waals surface area (Å²) in [6.07, 6.45) is 6.95. The second kappa shape index (κ2) is 6.77. The van der Waals surface area contributed by atoms with Crippen molar-refractivity contribution < 1.29 is 9.59 Å². The molecule has 0 spiro atoms. The van der Waals surface area contributed by atoms with E-state index in [9.17, 15) is 9.59 Å². The van der Waals surface area contributed by atoms with Crippen LogP contribution in [0, 0.1) is 5.92 Å². The Morgan fingerprint density at radius 2 is 1.52 bits per heavy atom. The lowest BCUT2D eigenvalue weighted by Crippen LogP contribution is -2.57. The molecule has 0 aromatic carbocycles. The number of rotatable bonds is 3. The lowest BCUT2D eigenvalue weighted by Gasteiger charge is -2.38. The van der Waals surface area contributed by atoms with E-state index < -0.39 is 5.54 Å². The van der Waals surface area contributed by atoms with Crippen molar-refractivity contribution in [1.82, 2.24) is 9.80 Å². The molecule has 1 heterocycles. The second-order valence-corrected chi connectivity index (χ2v) is 7.10. The lowest BCUT2D eigenvalue weighted by atomic mass is 9.86. The molecule has 1 aliphatic heterocycles. The second-order valence-electron chi connectivity index (χ2n) is 7.10. The zero-order chi connectivity index (χ0) is 15.5. The van der Waals surface area contributed by atoms with E-state index in [1.165, 1.54) is 32.1 Å². The van der Waals surface area contributed by atoms with Crippen LogP contribution in [0.3, 0.4) is 0 Å². The van der Waals surface area contributed by atoms with Crippen LogP contribution in [0.4, 0.5) is 0 Å². The summed E-state index contributed by atoms with van der Waals surface area (Å²) >= 11 is 0. The van der Waals surface area contributed by atoms with Gasteiger partial charge >= 0.3 is 0 Å². The van der Waals surface area contributed by atoms with Gasteiger partial charge in [0.2, 0.25) is 11.8 Å². The number of piperazine rings is 1. The van der Waals surface area contributed by atoms with Gasteiger partial charge in [-0.05, 0) is 32.6 Å². The molecule has 21 heavy (non-hydrogen) atoms. The first-order valence-electron chi connectivity index (χ1n) is 8.24. The van der Waals surface area contributed by atoms with Gasteiger partial charge < -0.3 is 15.5 Å². The molecular weight excluding hydrogens is 266 g/mol. The van der Waals surface area contributed by atoms with Crippen molar-refractivity contribution in [1.29, 1.82) is 0 Å². The van der Waals surface area contributed by atoms with E-state index in [0.29, 0.717) is 38.5 Å². The quantitative estimate of drug-likeness (QED) is 0.855. The Hall–Kier alpha value is -1.10. The van der Waals surface area contributed by atoms with E-state index in [1.807, 2.05) is 4.90 Å². The summed E-state index contributed by atoms with van der Waals surface area (Å²) < 4.78 is 0. The van der Waals surface area contributed by atoms with Gasteiger partial charge in [-0.3, -0.25) is 9.59 Å². The first-order valence-corrected chi connectivity index (χ1v) is 8.24. The minimum Gasteiger partial charge on any atom is -0.339 e. The van der Waals surface area contributed by atoms with E-state index >= 15 is 0 Å². The molecule has 0 atom stereocenters. The van der Waals surface area contributed by atoms with Gasteiger partial charge in [0.1, 0.15) is 0 Å². The summed E-state index contributed by atoms with van der Waals surface area (Å²) in [5, 5.41) is 0. The molecule has 0 aromatic heterocycles. The fraction of sp³-hybridized carbons (Fsp3) is 0.875.